The van der Waals surface area contributed by atoms with E-state index in [-0.39, 0.29) is 5.91 Å². The third-order valence-corrected chi connectivity index (χ3v) is 1.64. The highest BCUT2D eigenvalue weighted by molar-refractivity contribution is 5.91. The Morgan fingerprint density at radius 3 is 2.92 bits per heavy atom. The van der Waals surface area contributed by atoms with Crippen LogP contribution in [-0.2, 0) is 0 Å². The van der Waals surface area contributed by atoms with E-state index in [1.807, 2.05) is 6.92 Å². The number of nitrogens with zero attached hydrogens (tertiary/aromatic N) is 1. The number of hydrogen-bond donors (Lipinski definition) is 0. The Labute approximate surface area is 72.0 Å². The maximum absolute atomic E-state index is 11.4. The average Bonchev–Trinajstić information content (AvgIpc) is 2.55. The van der Waals surface area contributed by atoms with Gasteiger partial charge in [0.05, 0.1) is 6.26 Å². The Morgan fingerprint density at radius 1 is 1.67 bits per heavy atom. The molecule has 0 bridgehead atoms. The number of carbonyl (C=O) groups is 1. The Balaban J connectivity index is 2.59. The molecule has 0 aliphatic carbocycles. The summed E-state index contributed by atoms with van der Waals surface area (Å²) in [6, 6.07) is 3.39. The zero-order valence-electron chi connectivity index (χ0n) is 7.41. The van der Waals surface area contributed by atoms with Crippen molar-refractivity contribution >= 4 is 5.91 Å². The topological polar surface area (TPSA) is 33.5 Å². The third kappa shape index (κ3) is 1.87. The van der Waals surface area contributed by atoms with Crippen molar-refractivity contribution in [2.75, 3.05) is 13.6 Å². The van der Waals surface area contributed by atoms with Gasteiger partial charge in [0, 0.05) is 13.6 Å². The minimum atomic E-state index is -0.0538. The molecule has 66 valence electrons. The summed E-state index contributed by atoms with van der Waals surface area (Å²) >= 11 is 0. The normalized spacial score (nSPS) is 9.83. The van der Waals surface area contributed by atoms with E-state index in [1.165, 1.54) is 6.26 Å². The highest BCUT2D eigenvalue weighted by Crippen LogP contribution is 2.03. The molecule has 0 N–H and O–H groups in total. The van der Waals surface area contributed by atoms with Crippen LogP contribution in [-0.4, -0.2) is 24.4 Å². The quantitative estimate of drug-likeness (QED) is 0.687. The molecule has 0 radical (unpaired) electrons. The van der Waals surface area contributed by atoms with Crippen molar-refractivity contribution in [1.82, 2.24) is 4.90 Å². The molecule has 1 aromatic rings. The van der Waals surface area contributed by atoms with Gasteiger partial charge in [0.15, 0.2) is 5.76 Å². The summed E-state index contributed by atoms with van der Waals surface area (Å²) in [6.07, 6.45) is 2.47. The van der Waals surface area contributed by atoms with Gasteiger partial charge in [-0.3, -0.25) is 4.79 Å². The van der Waals surface area contributed by atoms with Gasteiger partial charge >= 0.3 is 0 Å². The zero-order chi connectivity index (χ0) is 8.97. The van der Waals surface area contributed by atoms with Gasteiger partial charge in [-0.1, -0.05) is 6.92 Å². The molecule has 12 heavy (non-hydrogen) atoms. The fraction of sp³-hybridized carbons (Fsp3) is 0.444. The second-order valence-corrected chi connectivity index (χ2v) is 2.70. The van der Waals surface area contributed by atoms with Crippen LogP contribution in [0.4, 0.5) is 0 Å². The fourth-order valence-electron chi connectivity index (χ4n) is 1.03. The van der Waals surface area contributed by atoms with Crippen molar-refractivity contribution in [3.63, 3.8) is 0 Å². The van der Waals surface area contributed by atoms with E-state index in [0.29, 0.717) is 5.76 Å². The second-order valence-electron chi connectivity index (χ2n) is 2.70. The van der Waals surface area contributed by atoms with Gasteiger partial charge in [-0.2, -0.15) is 0 Å². The number of rotatable bonds is 3. The zero-order valence-corrected chi connectivity index (χ0v) is 7.41. The van der Waals surface area contributed by atoms with E-state index in [1.54, 1.807) is 24.1 Å². The number of hydrogen-bond acceptors (Lipinski definition) is 2. The van der Waals surface area contributed by atoms with E-state index in [0.717, 1.165) is 13.0 Å². The van der Waals surface area contributed by atoms with Gasteiger partial charge in [0.2, 0.25) is 0 Å². The van der Waals surface area contributed by atoms with E-state index in [2.05, 4.69) is 0 Å². The Morgan fingerprint density at radius 2 is 2.42 bits per heavy atom. The maximum atomic E-state index is 11.4. The molecule has 0 saturated heterocycles. The van der Waals surface area contributed by atoms with Gasteiger partial charge in [-0.25, -0.2) is 0 Å². The molecule has 0 atom stereocenters. The van der Waals surface area contributed by atoms with Crippen molar-refractivity contribution in [1.29, 1.82) is 0 Å². The molecule has 0 aliphatic rings. The summed E-state index contributed by atoms with van der Waals surface area (Å²) < 4.78 is 4.97. The smallest absolute Gasteiger partial charge is 0.289 e. The van der Waals surface area contributed by atoms with Crippen molar-refractivity contribution in [2.24, 2.45) is 0 Å². The van der Waals surface area contributed by atoms with E-state index < -0.39 is 0 Å². The van der Waals surface area contributed by atoms with Crippen LogP contribution in [0.25, 0.3) is 0 Å². The molecule has 0 spiro atoms. The highest BCUT2D eigenvalue weighted by atomic mass is 16.3. The molecule has 0 unspecified atom stereocenters. The first-order valence-electron chi connectivity index (χ1n) is 4.04. The minimum Gasteiger partial charge on any atom is -0.459 e. The summed E-state index contributed by atoms with van der Waals surface area (Å²) in [5.41, 5.74) is 0. The molecule has 0 aliphatic heterocycles. The maximum Gasteiger partial charge on any atom is 0.289 e. The summed E-state index contributed by atoms with van der Waals surface area (Å²) in [5.74, 6) is 0.354. The van der Waals surface area contributed by atoms with Crippen molar-refractivity contribution < 1.29 is 9.21 Å². The highest BCUT2D eigenvalue weighted by Gasteiger charge is 2.12. The van der Waals surface area contributed by atoms with Crippen LogP contribution in [0.1, 0.15) is 23.9 Å². The molecule has 1 heterocycles. The molecule has 1 rings (SSSR count). The monoisotopic (exact) mass is 167 g/mol. The molecular formula is C9H13NO2. The van der Waals surface area contributed by atoms with Gasteiger partial charge in [0.1, 0.15) is 0 Å². The number of furan rings is 1. The Kier molecular flexibility index (Phi) is 2.91. The summed E-state index contributed by atoms with van der Waals surface area (Å²) in [5, 5.41) is 0. The van der Waals surface area contributed by atoms with Crippen LogP contribution < -0.4 is 0 Å². The third-order valence-electron chi connectivity index (χ3n) is 1.64. The predicted molar refractivity (Wildman–Crippen MR) is 46.0 cm³/mol. The van der Waals surface area contributed by atoms with E-state index in [4.69, 9.17) is 4.42 Å². The molecule has 3 nitrogen and oxygen atoms in total. The van der Waals surface area contributed by atoms with Gasteiger partial charge in [0.25, 0.3) is 5.91 Å². The second kappa shape index (κ2) is 3.95. The molecule has 0 aromatic carbocycles. The first-order chi connectivity index (χ1) is 5.75. The Hall–Kier alpha value is -1.25. The van der Waals surface area contributed by atoms with Gasteiger partial charge < -0.3 is 9.32 Å². The van der Waals surface area contributed by atoms with Crippen LogP contribution >= 0.6 is 0 Å². The summed E-state index contributed by atoms with van der Waals surface area (Å²) in [7, 11) is 1.77. The molecule has 0 fully saturated rings. The molecule has 3 heteroatoms. The largest absolute Gasteiger partial charge is 0.459 e. The van der Waals surface area contributed by atoms with Crippen LogP contribution in [0.15, 0.2) is 22.8 Å². The standard InChI is InChI=1S/C9H13NO2/c1-3-6-10(2)9(11)8-5-4-7-12-8/h4-5,7H,3,6H2,1-2H3. The minimum absolute atomic E-state index is 0.0538. The van der Waals surface area contributed by atoms with Crippen LogP contribution in [0.2, 0.25) is 0 Å². The first kappa shape index (κ1) is 8.84. The lowest BCUT2D eigenvalue weighted by molar-refractivity contribution is 0.0763. The van der Waals surface area contributed by atoms with E-state index in [9.17, 15) is 4.79 Å². The van der Waals surface area contributed by atoms with Crippen molar-refractivity contribution in [3.05, 3.63) is 24.2 Å². The Bertz CT molecular complexity index is 241. The lowest BCUT2D eigenvalue weighted by Gasteiger charge is -2.13. The fourth-order valence-corrected chi connectivity index (χ4v) is 1.03. The van der Waals surface area contributed by atoms with Crippen LogP contribution in [0, 0.1) is 0 Å². The molecule has 1 aromatic heterocycles. The lowest BCUT2D eigenvalue weighted by Crippen LogP contribution is -2.26. The summed E-state index contributed by atoms with van der Waals surface area (Å²) in [6.45, 7) is 2.80. The van der Waals surface area contributed by atoms with Crippen molar-refractivity contribution in [2.45, 2.75) is 13.3 Å². The number of amides is 1. The lowest BCUT2D eigenvalue weighted by atomic mass is 10.3. The number of carbonyl (C=O) groups excluding carboxylic acids is 1. The molecule has 1 amide bonds. The first-order valence-corrected chi connectivity index (χ1v) is 4.04. The van der Waals surface area contributed by atoms with Crippen molar-refractivity contribution in [3.8, 4) is 0 Å². The van der Waals surface area contributed by atoms with E-state index >= 15 is 0 Å². The van der Waals surface area contributed by atoms with Crippen LogP contribution in [0.5, 0.6) is 0 Å². The average molecular weight is 167 g/mol. The van der Waals surface area contributed by atoms with Crippen LogP contribution in [0.3, 0.4) is 0 Å². The van der Waals surface area contributed by atoms with Gasteiger partial charge in [-0.05, 0) is 18.6 Å². The summed E-state index contributed by atoms with van der Waals surface area (Å²) in [4.78, 5) is 13.1. The molecular weight excluding hydrogens is 154 g/mol. The SMILES string of the molecule is CCCN(C)C(=O)c1ccco1. The van der Waals surface area contributed by atoms with Gasteiger partial charge in [-0.15, -0.1) is 0 Å². The molecule has 0 saturated carbocycles. The predicted octanol–water partition coefficient (Wildman–Crippen LogP) is 1.76.